The molecular formula is C25H27BrN2O3. The molecular weight excluding hydrogens is 456 g/mol. The van der Waals surface area contributed by atoms with Crippen molar-refractivity contribution < 1.29 is 14.3 Å². The third-order valence-corrected chi connectivity index (χ3v) is 5.16. The first-order valence-electron chi connectivity index (χ1n) is 10.2. The third kappa shape index (κ3) is 6.76. The molecule has 0 aromatic heterocycles. The first-order valence-corrected chi connectivity index (χ1v) is 11.0. The van der Waals surface area contributed by atoms with Gasteiger partial charge in [0.2, 0.25) is 0 Å². The van der Waals surface area contributed by atoms with Gasteiger partial charge in [0.25, 0.3) is 5.91 Å². The van der Waals surface area contributed by atoms with E-state index >= 15 is 0 Å². The summed E-state index contributed by atoms with van der Waals surface area (Å²) in [5.41, 5.74) is 5.13. The van der Waals surface area contributed by atoms with Crippen molar-refractivity contribution >= 4 is 33.2 Å². The third-order valence-electron chi connectivity index (χ3n) is 4.57. The highest BCUT2D eigenvalue weighted by Crippen LogP contribution is 2.37. The molecule has 0 radical (unpaired) electrons. The number of nitrogens with one attached hydrogen (secondary N) is 2. The van der Waals surface area contributed by atoms with Crippen LogP contribution in [0.5, 0.6) is 11.5 Å². The summed E-state index contributed by atoms with van der Waals surface area (Å²) in [4.78, 5) is 12.3. The highest BCUT2D eigenvalue weighted by atomic mass is 79.9. The van der Waals surface area contributed by atoms with Crippen molar-refractivity contribution in [3.8, 4) is 11.5 Å². The highest BCUT2D eigenvalue weighted by Gasteiger charge is 2.14. The average molecular weight is 483 g/mol. The molecule has 0 saturated carbocycles. The molecule has 1 amide bonds. The average Bonchev–Trinajstić information content (AvgIpc) is 2.73. The van der Waals surface area contributed by atoms with Gasteiger partial charge in [-0.1, -0.05) is 29.8 Å². The van der Waals surface area contributed by atoms with Crippen LogP contribution in [0.2, 0.25) is 0 Å². The fraction of sp³-hybridized carbons (Fsp3) is 0.240. The number of amides is 1. The lowest BCUT2D eigenvalue weighted by molar-refractivity contribution is -0.118. The summed E-state index contributed by atoms with van der Waals surface area (Å²) in [5, 5.41) is 6.25. The van der Waals surface area contributed by atoms with Crippen LogP contribution in [0.25, 0.3) is 0 Å². The van der Waals surface area contributed by atoms with E-state index in [9.17, 15) is 4.79 Å². The molecule has 3 rings (SSSR count). The van der Waals surface area contributed by atoms with Gasteiger partial charge in [-0.3, -0.25) is 4.79 Å². The van der Waals surface area contributed by atoms with Gasteiger partial charge >= 0.3 is 0 Å². The molecule has 5 nitrogen and oxygen atoms in total. The van der Waals surface area contributed by atoms with E-state index < -0.39 is 0 Å². The summed E-state index contributed by atoms with van der Waals surface area (Å²) >= 11 is 3.57. The predicted octanol–water partition coefficient (Wildman–Crippen LogP) is 6.09. The summed E-state index contributed by atoms with van der Waals surface area (Å²) < 4.78 is 12.3. The number of carbonyl (C=O) groups excluding carboxylic acids is 1. The SMILES string of the molecule is CCOc1cc(CNc2ccc(C)cc2)cc(Br)c1OCC(=O)Nc1cccc(C)c1. The molecule has 0 unspecified atom stereocenters. The molecule has 31 heavy (non-hydrogen) atoms. The summed E-state index contributed by atoms with van der Waals surface area (Å²) in [6.45, 7) is 6.97. The molecule has 3 aromatic rings. The molecule has 162 valence electrons. The van der Waals surface area contributed by atoms with E-state index in [1.807, 2.05) is 50.2 Å². The van der Waals surface area contributed by atoms with E-state index in [2.05, 4.69) is 57.8 Å². The minimum atomic E-state index is -0.231. The van der Waals surface area contributed by atoms with Crippen molar-refractivity contribution in [2.75, 3.05) is 23.8 Å². The predicted molar refractivity (Wildman–Crippen MR) is 129 cm³/mol. The molecule has 0 fully saturated rings. The van der Waals surface area contributed by atoms with Crippen LogP contribution in [-0.4, -0.2) is 19.1 Å². The Morgan fingerprint density at radius 1 is 0.935 bits per heavy atom. The van der Waals surface area contributed by atoms with E-state index in [0.717, 1.165) is 27.0 Å². The fourth-order valence-electron chi connectivity index (χ4n) is 3.06. The van der Waals surface area contributed by atoms with Gasteiger partial charge < -0.3 is 20.1 Å². The Bertz CT molecular complexity index is 1040. The maximum absolute atomic E-state index is 12.3. The molecule has 0 bridgehead atoms. The monoisotopic (exact) mass is 482 g/mol. The summed E-state index contributed by atoms with van der Waals surface area (Å²) in [6.07, 6.45) is 0. The Labute approximate surface area is 191 Å². The standard InChI is InChI=1S/C25H27BrN2O3/c1-4-30-23-14-19(15-27-20-10-8-17(2)9-11-20)13-22(26)25(23)31-16-24(29)28-21-7-5-6-18(3)12-21/h5-14,27H,4,15-16H2,1-3H3,(H,28,29). The van der Waals surface area contributed by atoms with Crippen LogP contribution < -0.4 is 20.1 Å². The van der Waals surface area contributed by atoms with Crippen molar-refractivity contribution in [2.45, 2.75) is 27.3 Å². The highest BCUT2D eigenvalue weighted by molar-refractivity contribution is 9.10. The van der Waals surface area contributed by atoms with E-state index in [0.29, 0.717) is 24.7 Å². The van der Waals surface area contributed by atoms with Crippen LogP contribution in [0.3, 0.4) is 0 Å². The van der Waals surface area contributed by atoms with Crippen LogP contribution in [0.15, 0.2) is 65.1 Å². The second kappa shape index (κ2) is 10.9. The van der Waals surface area contributed by atoms with E-state index in [4.69, 9.17) is 9.47 Å². The van der Waals surface area contributed by atoms with Crippen molar-refractivity contribution in [1.29, 1.82) is 0 Å². The lowest BCUT2D eigenvalue weighted by Gasteiger charge is -2.16. The Morgan fingerprint density at radius 3 is 2.42 bits per heavy atom. The largest absolute Gasteiger partial charge is 0.490 e. The van der Waals surface area contributed by atoms with Gasteiger partial charge in [0.05, 0.1) is 11.1 Å². The first-order chi connectivity index (χ1) is 14.9. The number of anilines is 2. The number of halogens is 1. The van der Waals surface area contributed by atoms with Crippen LogP contribution in [0.4, 0.5) is 11.4 Å². The van der Waals surface area contributed by atoms with Gasteiger partial charge in [0.1, 0.15) is 0 Å². The lowest BCUT2D eigenvalue weighted by Crippen LogP contribution is -2.20. The molecule has 0 spiro atoms. The Hall–Kier alpha value is -2.99. The Morgan fingerprint density at radius 2 is 1.71 bits per heavy atom. The number of rotatable bonds is 9. The Kier molecular flexibility index (Phi) is 7.95. The van der Waals surface area contributed by atoms with Gasteiger partial charge in [-0.15, -0.1) is 0 Å². The van der Waals surface area contributed by atoms with E-state index in [1.54, 1.807) is 0 Å². The maximum Gasteiger partial charge on any atom is 0.262 e. The lowest BCUT2D eigenvalue weighted by atomic mass is 10.2. The minimum absolute atomic E-state index is 0.117. The molecule has 0 saturated heterocycles. The molecule has 0 aliphatic heterocycles. The number of aryl methyl sites for hydroxylation is 2. The van der Waals surface area contributed by atoms with Crippen molar-refractivity contribution in [2.24, 2.45) is 0 Å². The maximum atomic E-state index is 12.3. The zero-order valence-corrected chi connectivity index (χ0v) is 19.6. The zero-order valence-electron chi connectivity index (χ0n) is 18.0. The van der Waals surface area contributed by atoms with Crippen LogP contribution in [0, 0.1) is 13.8 Å². The second-order valence-electron chi connectivity index (χ2n) is 7.26. The zero-order chi connectivity index (χ0) is 22.2. The summed E-state index contributed by atoms with van der Waals surface area (Å²) in [6, 6.07) is 19.8. The molecule has 0 atom stereocenters. The second-order valence-corrected chi connectivity index (χ2v) is 8.12. The molecule has 0 aliphatic carbocycles. The molecule has 6 heteroatoms. The molecule has 2 N–H and O–H groups in total. The van der Waals surface area contributed by atoms with Crippen LogP contribution >= 0.6 is 15.9 Å². The number of ether oxygens (including phenoxy) is 2. The molecule has 0 heterocycles. The number of hydrogen-bond acceptors (Lipinski definition) is 4. The van der Waals surface area contributed by atoms with Gasteiger partial charge in [0.15, 0.2) is 18.1 Å². The van der Waals surface area contributed by atoms with Crippen LogP contribution in [-0.2, 0) is 11.3 Å². The van der Waals surface area contributed by atoms with Gasteiger partial charge in [-0.2, -0.15) is 0 Å². The minimum Gasteiger partial charge on any atom is -0.490 e. The van der Waals surface area contributed by atoms with Crippen molar-refractivity contribution in [3.63, 3.8) is 0 Å². The normalized spacial score (nSPS) is 10.5. The quantitative estimate of drug-likeness (QED) is 0.387. The van der Waals surface area contributed by atoms with E-state index in [1.165, 1.54) is 5.56 Å². The van der Waals surface area contributed by atoms with Gasteiger partial charge in [-0.25, -0.2) is 0 Å². The number of hydrogen-bond donors (Lipinski definition) is 2. The molecule has 0 aliphatic rings. The molecule has 3 aromatic carbocycles. The number of carbonyl (C=O) groups is 1. The van der Waals surface area contributed by atoms with Gasteiger partial charge in [0, 0.05) is 17.9 Å². The number of benzene rings is 3. The topological polar surface area (TPSA) is 59.6 Å². The fourth-order valence-corrected chi connectivity index (χ4v) is 3.66. The van der Waals surface area contributed by atoms with Crippen molar-refractivity contribution in [1.82, 2.24) is 0 Å². The summed E-state index contributed by atoms with van der Waals surface area (Å²) in [7, 11) is 0. The van der Waals surface area contributed by atoms with Gasteiger partial charge in [-0.05, 0) is 84.2 Å². The summed E-state index contributed by atoms with van der Waals surface area (Å²) in [5.74, 6) is 0.881. The Balaban J connectivity index is 1.66. The first kappa shape index (κ1) is 22.7. The van der Waals surface area contributed by atoms with E-state index in [-0.39, 0.29) is 12.5 Å². The van der Waals surface area contributed by atoms with Crippen LogP contribution in [0.1, 0.15) is 23.6 Å². The van der Waals surface area contributed by atoms with Crippen molar-refractivity contribution in [3.05, 3.63) is 81.8 Å². The smallest absolute Gasteiger partial charge is 0.262 e.